The van der Waals surface area contributed by atoms with Crippen molar-refractivity contribution >= 4 is 15.7 Å². The maximum atomic E-state index is 12.2. The molecule has 5 nitrogen and oxygen atoms in total. The van der Waals surface area contributed by atoms with Gasteiger partial charge in [-0.15, -0.1) is 0 Å². The summed E-state index contributed by atoms with van der Waals surface area (Å²) in [6, 6.07) is 0. The zero-order valence-electron chi connectivity index (χ0n) is 12.2. The Kier molecular flexibility index (Phi) is 5.80. The van der Waals surface area contributed by atoms with Crippen molar-refractivity contribution in [1.29, 1.82) is 0 Å². The first-order valence-electron chi connectivity index (χ1n) is 6.90. The van der Waals surface area contributed by atoms with Crippen LogP contribution in [0.3, 0.4) is 0 Å². The van der Waals surface area contributed by atoms with E-state index in [-0.39, 0.29) is 11.7 Å². The highest BCUT2D eigenvalue weighted by molar-refractivity contribution is 7.90. The van der Waals surface area contributed by atoms with E-state index in [9.17, 15) is 13.2 Å². The van der Waals surface area contributed by atoms with Crippen LogP contribution < -0.4 is 10.6 Å². The average Bonchev–Trinajstić information content (AvgIpc) is 2.34. The summed E-state index contributed by atoms with van der Waals surface area (Å²) < 4.78 is 22.0. The number of carbonyl (C=O) groups is 1. The van der Waals surface area contributed by atoms with E-state index >= 15 is 0 Å². The Morgan fingerprint density at radius 1 is 1.42 bits per heavy atom. The molecule has 0 bridgehead atoms. The lowest BCUT2D eigenvalue weighted by Gasteiger charge is -2.36. The maximum absolute atomic E-state index is 12.2. The van der Waals surface area contributed by atoms with Crippen LogP contribution in [0.5, 0.6) is 0 Å². The van der Waals surface area contributed by atoms with E-state index in [4.69, 9.17) is 0 Å². The lowest BCUT2D eigenvalue weighted by Crippen LogP contribution is -2.47. The van der Waals surface area contributed by atoms with Crippen LogP contribution in [0.4, 0.5) is 0 Å². The molecule has 0 aromatic rings. The van der Waals surface area contributed by atoms with E-state index in [2.05, 4.69) is 10.6 Å². The van der Waals surface area contributed by atoms with Crippen LogP contribution in [0.1, 0.15) is 33.1 Å². The predicted molar refractivity (Wildman–Crippen MR) is 76.7 cm³/mol. The standard InChI is InChI=1S/C13H26N2O3S/c1-13(2,11-6-4-7-14-10-11)12(16)15-8-5-9-19(3,17)18/h11,14H,4-10H2,1-3H3,(H,15,16). The molecule has 1 aliphatic heterocycles. The lowest BCUT2D eigenvalue weighted by molar-refractivity contribution is -0.132. The largest absolute Gasteiger partial charge is 0.356 e. The van der Waals surface area contributed by atoms with E-state index in [0.29, 0.717) is 18.9 Å². The summed E-state index contributed by atoms with van der Waals surface area (Å²) in [7, 11) is -2.94. The van der Waals surface area contributed by atoms with Crippen molar-refractivity contribution in [3.63, 3.8) is 0 Å². The molecule has 2 N–H and O–H groups in total. The van der Waals surface area contributed by atoms with Gasteiger partial charge >= 0.3 is 0 Å². The third-order valence-electron chi connectivity index (χ3n) is 3.88. The molecule has 0 aliphatic carbocycles. The molecule has 112 valence electrons. The monoisotopic (exact) mass is 290 g/mol. The summed E-state index contributed by atoms with van der Waals surface area (Å²) in [5, 5.41) is 6.19. The Balaban J connectivity index is 2.38. The van der Waals surface area contributed by atoms with E-state index in [1.165, 1.54) is 6.26 Å². The van der Waals surface area contributed by atoms with Crippen LogP contribution in [0.25, 0.3) is 0 Å². The van der Waals surface area contributed by atoms with Crippen LogP contribution in [0.2, 0.25) is 0 Å². The molecule has 0 saturated carbocycles. The first kappa shape index (κ1) is 16.4. The Morgan fingerprint density at radius 2 is 2.11 bits per heavy atom. The zero-order chi connectivity index (χ0) is 14.5. The highest BCUT2D eigenvalue weighted by Crippen LogP contribution is 2.31. The van der Waals surface area contributed by atoms with Gasteiger partial charge in [0, 0.05) is 18.2 Å². The Labute approximate surface area is 116 Å². The number of rotatable bonds is 6. The maximum Gasteiger partial charge on any atom is 0.225 e. The van der Waals surface area contributed by atoms with Gasteiger partial charge in [0.05, 0.1) is 5.75 Å². The molecule has 0 aromatic heterocycles. The first-order valence-corrected chi connectivity index (χ1v) is 8.96. The second-order valence-electron chi connectivity index (χ2n) is 6.00. The van der Waals surface area contributed by atoms with Crippen molar-refractivity contribution in [2.75, 3.05) is 31.6 Å². The number of nitrogens with one attached hydrogen (secondary N) is 2. The molecule has 1 fully saturated rings. The molecule has 1 aliphatic rings. The highest BCUT2D eigenvalue weighted by Gasteiger charge is 2.36. The van der Waals surface area contributed by atoms with Crippen LogP contribution in [-0.2, 0) is 14.6 Å². The Morgan fingerprint density at radius 3 is 2.63 bits per heavy atom. The van der Waals surface area contributed by atoms with Gasteiger partial charge in [-0.3, -0.25) is 4.79 Å². The van der Waals surface area contributed by atoms with Crippen molar-refractivity contribution in [3.05, 3.63) is 0 Å². The fraction of sp³-hybridized carbons (Fsp3) is 0.923. The molecular weight excluding hydrogens is 264 g/mol. The zero-order valence-corrected chi connectivity index (χ0v) is 13.0. The topological polar surface area (TPSA) is 75.3 Å². The second kappa shape index (κ2) is 6.70. The summed E-state index contributed by atoms with van der Waals surface area (Å²) in [4.78, 5) is 12.2. The Bertz CT molecular complexity index is 398. The molecule has 1 saturated heterocycles. The minimum Gasteiger partial charge on any atom is -0.356 e. The normalized spacial score (nSPS) is 21.1. The van der Waals surface area contributed by atoms with Gasteiger partial charge in [-0.25, -0.2) is 8.42 Å². The Hall–Kier alpha value is -0.620. The molecular formula is C13H26N2O3S. The van der Waals surface area contributed by atoms with E-state index in [0.717, 1.165) is 25.9 Å². The van der Waals surface area contributed by atoms with Crippen LogP contribution in [-0.4, -0.2) is 46.0 Å². The van der Waals surface area contributed by atoms with Crippen molar-refractivity contribution in [3.8, 4) is 0 Å². The summed E-state index contributed by atoms with van der Waals surface area (Å²) in [5.74, 6) is 0.490. The van der Waals surface area contributed by atoms with Gasteiger partial charge in [0.2, 0.25) is 5.91 Å². The minimum atomic E-state index is -2.94. The molecule has 1 amide bonds. The molecule has 1 heterocycles. The van der Waals surface area contributed by atoms with Crippen molar-refractivity contribution in [2.24, 2.45) is 11.3 Å². The fourth-order valence-corrected chi connectivity index (χ4v) is 3.09. The van der Waals surface area contributed by atoms with Crippen LogP contribution in [0, 0.1) is 11.3 Å². The number of amides is 1. The summed E-state index contributed by atoms with van der Waals surface area (Å²) in [6.45, 7) is 6.27. The SMILES string of the molecule is CC(C)(C(=O)NCCCS(C)(=O)=O)C1CCCNC1. The summed E-state index contributed by atoms with van der Waals surface area (Å²) >= 11 is 0. The predicted octanol–water partition coefficient (Wildman–Crippen LogP) is 0.563. The highest BCUT2D eigenvalue weighted by atomic mass is 32.2. The van der Waals surface area contributed by atoms with Gasteiger partial charge in [-0.05, 0) is 38.3 Å². The smallest absolute Gasteiger partial charge is 0.225 e. The van der Waals surface area contributed by atoms with E-state index < -0.39 is 15.3 Å². The number of hydrogen-bond donors (Lipinski definition) is 2. The molecule has 1 unspecified atom stereocenters. The van der Waals surface area contributed by atoms with Gasteiger partial charge in [0.15, 0.2) is 0 Å². The third kappa shape index (κ3) is 5.48. The van der Waals surface area contributed by atoms with Gasteiger partial charge in [-0.2, -0.15) is 0 Å². The molecule has 0 spiro atoms. The molecule has 0 aromatic carbocycles. The van der Waals surface area contributed by atoms with Gasteiger partial charge < -0.3 is 10.6 Å². The summed E-state index contributed by atoms with van der Waals surface area (Å²) in [6.07, 6.45) is 3.86. The lowest BCUT2D eigenvalue weighted by atomic mass is 9.74. The first-order chi connectivity index (χ1) is 8.73. The number of piperidine rings is 1. The molecule has 6 heteroatoms. The number of carbonyl (C=O) groups excluding carboxylic acids is 1. The van der Waals surface area contributed by atoms with Gasteiger partial charge in [0.1, 0.15) is 9.84 Å². The number of hydrogen-bond acceptors (Lipinski definition) is 4. The van der Waals surface area contributed by atoms with Crippen molar-refractivity contribution in [1.82, 2.24) is 10.6 Å². The van der Waals surface area contributed by atoms with Crippen molar-refractivity contribution in [2.45, 2.75) is 33.1 Å². The van der Waals surface area contributed by atoms with E-state index in [1.807, 2.05) is 13.8 Å². The minimum absolute atomic E-state index is 0.0229. The van der Waals surface area contributed by atoms with E-state index in [1.54, 1.807) is 0 Å². The molecule has 1 rings (SSSR count). The number of sulfone groups is 1. The molecule has 19 heavy (non-hydrogen) atoms. The fourth-order valence-electron chi connectivity index (χ4n) is 2.42. The second-order valence-corrected chi connectivity index (χ2v) is 8.26. The quantitative estimate of drug-likeness (QED) is 0.701. The third-order valence-corrected chi connectivity index (χ3v) is 4.91. The summed E-state index contributed by atoms with van der Waals surface area (Å²) in [5.41, 5.74) is -0.404. The van der Waals surface area contributed by atoms with Crippen molar-refractivity contribution < 1.29 is 13.2 Å². The van der Waals surface area contributed by atoms with Crippen LogP contribution in [0.15, 0.2) is 0 Å². The molecule has 0 radical (unpaired) electrons. The van der Waals surface area contributed by atoms with Gasteiger partial charge in [0.25, 0.3) is 0 Å². The average molecular weight is 290 g/mol. The van der Waals surface area contributed by atoms with Gasteiger partial charge in [-0.1, -0.05) is 13.8 Å². The van der Waals surface area contributed by atoms with Crippen LogP contribution >= 0.6 is 0 Å². The molecule has 1 atom stereocenters.